The largest absolute Gasteiger partial charge is 0.463 e. The Morgan fingerprint density at radius 3 is 2.19 bits per heavy atom. The first-order chi connectivity index (χ1) is 7.47. The monoisotopic (exact) mass is 230 g/mol. The van der Waals surface area contributed by atoms with Gasteiger partial charge in [0.15, 0.2) is 0 Å². The average Bonchev–Trinajstić information content (AvgIpc) is 2.16. The Labute approximate surface area is 99.5 Å². The highest BCUT2D eigenvalue weighted by Crippen LogP contribution is 2.15. The second-order valence-electron chi connectivity index (χ2n) is 4.81. The molecule has 0 aromatic heterocycles. The van der Waals surface area contributed by atoms with E-state index < -0.39 is 0 Å². The molecule has 0 N–H and O–H groups in total. The first-order valence-corrected chi connectivity index (χ1v) is 6.25. The molecule has 0 rings (SSSR count). The van der Waals surface area contributed by atoms with Crippen LogP contribution in [-0.2, 0) is 14.3 Å². The first kappa shape index (κ1) is 15.4. The van der Waals surface area contributed by atoms with Crippen molar-refractivity contribution in [2.75, 3.05) is 13.2 Å². The van der Waals surface area contributed by atoms with E-state index in [1.807, 2.05) is 20.8 Å². The molecule has 0 aromatic carbocycles. The van der Waals surface area contributed by atoms with Gasteiger partial charge < -0.3 is 9.47 Å². The fraction of sp³-hybridized carbons (Fsp3) is 0.923. The molecule has 16 heavy (non-hydrogen) atoms. The molecule has 1 unspecified atom stereocenters. The van der Waals surface area contributed by atoms with Crippen LogP contribution in [0.2, 0.25) is 0 Å². The van der Waals surface area contributed by atoms with Crippen LogP contribution in [0.4, 0.5) is 0 Å². The minimum Gasteiger partial charge on any atom is -0.463 e. The molecule has 0 aliphatic heterocycles. The molecule has 1 atom stereocenters. The molecule has 0 radical (unpaired) electrons. The van der Waals surface area contributed by atoms with Gasteiger partial charge in [0.2, 0.25) is 0 Å². The normalized spacial score (nSPS) is 13.2. The topological polar surface area (TPSA) is 35.5 Å². The highest BCUT2D eigenvalue weighted by molar-refractivity contribution is 5.72. The quantitative estimate of drug-likeness (QED) is 0.601. The first-order valence-electron chi connectivity index (χ1n) is 6.25. The van der Waals surface area contributed by atoms with E-state index in [2.05, 4.69) is 13.8 Å². The Morgan fingerprint density at radius 2 is 1.75 bits per heavy atom. The molecule has 96 valence electrons. The summed E-state index contributed by atoms with van der Waals surface area (Å²) >= 11 is 0. The lowest BCUT2D eigenvalue weighted by Crippen LogP contribution is -2.25. The third-order valence-corrected chi connectivity index (χ3v) is 2.30. The lowest BCUT2D eigenvalue weighted by Gasteiger charge is -2.18. The zero-order chi connectivity index (χ0) is 12.6. The van der Waals surface area contributed by atoms with Gasteiger partial charge in [-0.2, -0.15) is 0 Å². The minimum atomic E-state index is -0.121. The van der Waals surface area contributed by atoms with Crippen molar-refractivity contribution in [3.05, 3.63) is 0 Å². The SMILES string of the molecule is CCOCC(CCC(C)C)C(=O)OC(C)C. The molecule has 3 heteroatoms. The summed E-state index contributed by atoms with van der Waals surface area (Å²) in [6, 6.07) is 0. The van der Waals surface area contributed by atoms with Crippen molar-refractivity contribution in [3.8, 4) is 0 Å². The molecular formula is C13H26O3. The van der Waals surface area contributed by atoms with Crippen LogP contribution in [0.5, 0.6) is 0 Å². The van der Waals surface area contributed by atoms with Crippen LogP contribution < -0.4 is 0 Å². The van der Waals surface area contributed by atoms with E-state index in [0.717, 1.165) is 12.8 Å². The molecule has 0 aliphatic rings. The minimum absolute atomic E-state index is 0.0457. The zero-order valence-corrected chi connectivity index (χ0v) is 11.3. The van der Waals surface area contributed by atoms with Crippen LogP contribution in [0.15, 0.2) is 0 Å². The second-order valence-corrected chi connectivity index (χ2v) is 4.81. The highest BCUT2D eigenvalue weighted by atomic mass is 16.5. The fourth-order valence-electron chi connectivity index (χ4n) is 1.39. The molecule has 0 spiro atoms. The summed E-state index contributed by atoms with van der Waals surface area (Å²) in [5.41, 5.74) is 0. The second kappa shape index (κ2) is 8.57. The maximum absolute atomic E-state index is 11.8. The molecule has 0 amide bonds. The Bertz CT molecular complexity index is 188. The number of hydrogen-bond donors (Lipinski definition) is 0. The molecular weight excluding hydrogens is 204 g/mol. The molecule has 0 bridgehead atoms. The maximum atomic E-state index is 11.8. The Hall–Kier alpha value is -0.570. The molecule has 0 heterocycles. The van der Waals surface area contributed by atoms with Crippen molar-refractivity contribution >= 4 is 5.97 Å². The summed E-state index contributed by atoms with van der Waals surface area (Å²) in [6.07, 6.45) is 1.84. The van der Waals surface area contributed by atoms with Crippen molar-refractivity contribution < 1.29 is 14.3 Å². The van der Waals surface area contributed by atoms with Gasteiger partial charge in [-0.1, -0.05) is 20.3 Å². The summed E-state index contributed by atoms with van der Waals surface area (Å²) in [5, 5.41) is 0. The van der Waals surface area contributed by atoms with Gasteiger partial charge in [-0.3, -0.25) is 4.79 Å². The van der Waals surface area contributed by atoms with Crippen molar-refractivity contribution in [3.63, 3.8) is 0 Å². The summed E-state index contributed by atoms with van der Waals surface area (Å²) in [5.74, 6) is 0.379. The summed E-state index contributed by atoms with van der Waals surface area (Å²) in [7, 11) is 0. The van der Waals surface area contributed by atoms with Crippen molar-refractivity contribution in [1.82, 2.24) is 0 Å². The van der Waals surface area contributed by atoms with Gasteiger partial charge >= 0.3 is 5.97 Å². The molecule has 0 fully saturated rings. The van der Waals surface area contributed by atoms with Gasteiger partial charge in [0, 0.05) is 6.61 Å². The van der Waals surface area contributed by atoms with Gasteiger partial charge in [0.05, 0.1) is 18.6 Å². The van der Waals surface area contributed by atoms with Crippen LogP contribution in [-0.4, -0.2) is 25.3 Å². The van der Waals surface area contributed by atoms with E-state index in [1.54, 1.807) is 0 Å². The van der Waals surface area contributed by atoms with Crippen LogP contribution in [0.25, 0.3) is 0 Å². The Kier molecular flexibility index (Phi) is 8.26. The van der Waals surface area contributed by atoms with Crippen LogP contribution in [0.1, 0.15) is 47.5 Å². The molecule has 0 saturated heterocycles. The van der Waals surface area contributed by atoms with E-state index in [1.165, 1.54) is 0 Å². The third kappa shape index (κ3) is 7.69. The number of rotatable bonds is 8. The number of esters is 1. The predicted octanol–water partition coefficient (Wildman–Crippen LogP) is 3.03. The van der Waals surface area contributed by atoms with Gasteiger partial charge in [-0.15, -0.1) is 0 Å². The van der Waals surface area contributed by atoms with Crippen molar-refractivity contribution in [1.29, 1.82) is 0 Å². The fourth-order valence-corrected chi connectivity index (χ4v) is 1.39. The lowest BCUT2D eigenvalue weighted by molar-refractivity contribution is -0.154. The highest BCUT2D eigenvalue weighted by Gasteiger charge is 2.21. The summed E-state index contributed by atoms with van der Waals surface area (Å²) < 4.78 is 10.6. The van der Waals surface area contributed by atoms with Gasteiger partial charge in [-0.05, 0) is 33.1 Å². The number of hydrogen-bond acceptors (Lipinski definition) is 3. The van der Waals surface area contributed by atoms with Gasteiger partial charge in [0.1, 0.15) is 0 Å². The Balaban J connectivity index is 4.12. The smallest absolute Gasteiger partial charge is 0.311 e. The zero-order valence-electron chi connectivity index (χ0n) is 11.3. The van der Waals surface area contributed by atoms with Gasteiger partial charge in [0.25, 0.3) is 0 Å². The van der Waals surface area contributed by atoms with E-state index in [9.17, 15) is 4.79 Å². The number of ether oxygens (including phenoxy) is 2. The van der Waals surface area contributed by atoms with Crippen molar-refractivity contribution in [2.24, 2.45) is 11.8 Å². The summed E-state index contributed by atoms with van der Waals surface area (Å²) in [4.78, 5) is 11.8. The third-order valence-electron chi connectivity index (χ3n) is 2.30. The Morgan fingerprint density at radius 1 is 1.12 bits per heavy atom. The summed E-state index contributed by atoms with van der Waals surface area (Å²) in [6.45, 7) is 11.1. The van der Waals surface area contributed by atoms with Crippen LogP contribution in [0, 0.1) is 11.8 Å². The molecule has 0 aromatic rings. The number of carbonyl (C=O) groups is 1. The predicted molar refractivity (Wildman–Crippen MR) is 65.3 cm³/mol. The van der Waals surface area contributed by atoms with E-state index >= 15 is 0 Å². The maximum Gasteiger partial charge on any atom is 0.311 e. The van der Waals surface area contributed by atoms with E-state index in [0.29, 0.717) is 19.1 Å². The standard InChI is InChI=1S/C13H26O3/c1-6-15-9-12(8-7-10(2)3)13(14)16-11(4)5/h10-12H,6-9H2,1-5H3. The van der Waals surface area contributed by atoms with E-state index in [-0.39, 0.29) is 18.0 Å². The van der Waals surface area contributed by atoms with Gasteiger partial charge in [-0.25, -0.2) is 0 Å². The molecule has 3 nitrogen and oxygen atoms in total. The molecule has 0 aliphatic carbocycles. The number of carbonyl (C=O) groups excluding carboxylic acids is 1. The molecule has 0 saturated carbocycles. The van der Waals surface area contributed by atoms with Crippen molar-refractivity contribution in [2.45, 2.75) is 53.6 Å². The van der Waals surface area contributed by atoms with Crippen LogP contribution in [0.3, 0.4) is 0 Å². The average molecular weight is 230 g/mol. The lowest BCUT2D eigenvalue weighted by atomic mass is 9.98. The van der Waals surface area contributed by atoms with Crippen LogP contribution >= 0.6 is 0 Å². The van der Waals surface area contributed by atoms with E-state index in [4.69, 9.17) is 9.47 Å².